The number of hydrazine groups is 1. The minimum absolute atomic E-state index is 0.480. The summed E-state index contributed by atoms with van der Waals surface area (Å²) in [7, 11) is 0. The van der Waals surface area contributed by atoms with E-state index in [0.717, 1.165) is 45.0 Å². The Kier molecular flexibility index (Phi) is 5.71. The van der Waals surface area contributed by atoms with Crippen LogP contribution in [0.3, 0.4) is 0 Å². The van der Waals surface area contributed by atoms with E-state index in [1.807, 2.05) is 11.1 Å². The molecule has 1 saturated heterocycles. The molecule has 0 aliphatic carbocycles. The van der Waals surface area contributed by atoms with E-state index in [1.54, 1.807) is 6.07 Å². The number of nitrogens with zero attached hydrogens (tertiary/aromatic N) is 2. The van der Waals surface area contributed by atoms with Crippen LogP contribution in [0.1, 0.15) is 19.4 Å². The molecule has 0 spiro atoms. The summed E-state index contributed by atoms with van der Waals surface area (Å²) in [6, 6.07) is 4.03. The fourth-order valence-electron chi connectivity index (χ4n) is 3.16. The topological polar surface area (TPSA) is 30.5 Å². The summed E-state index contributed by atoms with van der Waals surface area (Å²) >= 11 is 0. The smallest absolute Gasteiger partial charge is 0.159 e. The predicted molar refractivity (Wildman–Crippen MR) is 96.4 cm³/mol. The first-order chi connectivity index (χ1) is 12.0. The maximum absolute atomic E-state index is 13.6. The van der Waals surface area contributed by atoms with Crippen molar-refractivity contribution in [3.63, 3.8) is 0 Å². The molecule has 0 aromatic heterocycles. The zero-order valence-corrected chi connectivity index (χ0v) is 14.9. The van der Waals surface area contributed by atoms with Crippen molar-refractivity contribution in [1.82, 2.24) is 20.7 Å². The summed E-state index contributed by atoms with van der Waals surface area (Å²) in [6.45, 7) is 10.0. The van der Waals surface area contributed by atoms with Gasteiger partial charge in [0.05, 0.1) is 5.70 Å². The van der Waals surface area contributed by atoms with Gasteiger partial charge in [0, 0.05) is 51.0 Å². The van der Waals surface area contributed by atoms with Gasteiger partial charge in [-0.15, -0.1) is 0 Å². The van der Waals surface area contributed by atoms with Gasteiger partial charge >= 0.3 is 0 Å². The van der Waals surface area contributed by atoms with Crippen LogP contribution >= 0.6 is 0 Å². The van der Waals surface area contributed by atoms with Crippen molar-refractivity contribution < 1.29 is 8.78 Å². The number of piperazine rings is 1. The van der Waals surface area contributed by atoms with Gasteiger partial charge in [-0.1, -0.05) is 13.8 Å². The summed E-state index contributed by atoms with van der Waals surface area (Å²) < 4.78 is 26.9. The fourth-order valence-corrected chi connectivity index (χ4v) is 3.16. The first-order valence-corrected chi connectivity index (χ1v) is 8.85. The van der Waals surface area contributed by atoms with Gasteiger partial charge in [-0.2, -0.15) is 0 Å². The number of rotatable bonds is 5. The van der Waals surface area contributed by atoms with Crippen LogP contribution in [-0.2, 0) is 0 Å². The average Bonchev–Trinajstić information content (AvgIpc) is 2.57. The van der Waals surface area contributed by atoms with Crippen molar-refractivity contribution in [2.24, 2.45) is 5.92 Å². The first kappa shape index (κ1) is 17.9. The lowest BCUT2D eigenvalue weighted by Crippen LogP contribution is -2.45. The maximum Gasteiger partial charge on any atom is 0.159 e. The Bertz CT molecular complexity index is 663. The van der Waals surface area contributed by atoms with E-state index in [4.69, 9.17) is 0 Å². The highest BCUT2D eigenvalue weighted by molar-refractivity contribution is 5.67. The van der Waals surface area contributed by atoms with Crippen LogP contribution in [0.25, 0.3) is 5.70 Å². The van der Waals surface area contributed by atoms with Crippen LogP contribution in [0.2, 0.25) is 0 Å². The summed E-state index contributed by atoms with van der Waals surface area (Å²) in [4.78, 5) is 2.40. The Balaban J connectivity index is 1.82. The molecular weight excluding hydrogens is 322 g/mol. The lowest BCUT2D eigenvalue weighted by Gasteiger charge is -2.33. The van der Waals surface area contributed by atoms with E-state index in [1.165, 1.54) is 17.7 Å². The largest absolute Gasteiger partial charge is 0.314 e. The van der Waals surface area contributed by atoms with Crippen LogP contribution in [0, 0.1) is 17.6 Å². The summed E-state index contributed by atoms with van der Waals surface area (Å²) in [5.41, 5.74) is 5.93. The Morgan fingerprint density at radius 2 is 1.88 bits per heavy atom. The molecule has 2 heterocycles. The van der Waals surface area contributed by atoms with Crippen molar-refractivity contribution in [1.29, 1.82) is 0 Å². The minimum Gasteiger partial charge on any atom is -0.314 e. The molecule has 1 aromatic rings. The molecule has 0 atom stereocenters. The summed E-state index contributed by atoms with van der Waals surface area (Å²) in [5, 5.41) is 5.40. The lowest BCUT2D eigenvalue weighted by molar-refractivity contribution is 0.250. The second-order valence-electron chi connectivity index (χ2n) is 7.08. The maximum atomic E-state index is 13.6. The van der Waals surface area contributed by atoms with Gasteiger partial charge < -0.3 is 5.32 Å². The standard InChI is InChI=1S/C19H26F2N4/c1-14(2)11-25-13-15(12-24-7-5-22-6-8-24)9-19(23-25)16-3-4-17(20)18(21)10-16/h3-4,9-10,13-14,22-23H,5-8,11-12H2,1-2H3. The predicted octanol–water partition coefficient (Wildman–Crippen LogP) is 2.57. The van der Waals surface area contributed by atoms with Gasteiger partial charge in [-0.05, 0) is 35.8 Å². The molecule has 0 radical (unpaired) electrons. The Labute approximate surface area is 148 Å². The highest BCUT2D eigenvalue weighted by atomic mass is 19.2. The molecule has 2 aliphatic heterocycles. The first-order valence-electron chi connectivity index (χ1n) is 8.85. The van der Waals surface area contributed by atoms with Crippen molar-refractivity contribution >= 4 is 5.70 Å². The third-order valence-corrected chi connectivity index (χ3v) is 4.32. The third kappa shape index (κ3) is 4.80. The molecule has 136 valence electrons. The number of hydrogen-bond acceptors (Lipinski definition) is 4. The van der Waals surface area contributed by atoms with E-state index < -0.39 is 11.6 Å². The fraction of sp³-hybridized carbons (Fsp3) is 0.474. The Morgan fingerprint density at radius 1 is 1.12 bits per heavy atom. The van der Waals surface area contributed by atoms with E-state index in [9.17, 15) is 8.78 Å². The highest BCUT2D eigenvalue weighted by Gasteiger charge is 2.18. The average molecular weight is 348 g/mol. The molecule has 1 fully saturated rings. The molecule has 0 saturated carbocycles. The highest BCUT2D eigenvalue weighted by Crippen LogP contribution is 2.22. The molecule has 4 nitrogen and oxygen atoms in total. The second-order valence-corrected chi connectivity index (χ2v) is 7.08. The second kappa shape index (κ2) is 7.97. The number of benzene rings is 1. The van der Waals surface area contributed by atoms with Crippen LogP contribution in [-0.4, -0.2) is 49.2 Å². The van der Waals surface area contributed by atoms with Crippen LogP contribution in [0.5, 0.6) is 0 Å². The number of halogens is 2. The molecule has 2 aliphatic rings. The van der Waals surface area contributed by atoms with Crippen LogP contribution in [0.4, 0.5) is 8.78 Å². The normalized spacial score (nSPS) is 18.8. The quantitative estimate of drug-likeness (QED) is 0.856. The molecule has 0 unspecified atom stereocenters. The zero-order chi connectivity index (χ0) is 17.8. The van der Waals surface area contributed by atoms with Crippen molar-refractivity contribution in [3.05, 3.63) is 53.2 Å². The molecule has 2 N–H and O–H groups in total. The monoisotopic (exact) mass is 348 g/mol. The third-order valence-electron chi connectivity index (χ3n) is 4.32. The molecule has 0 amide bonds. The van der Waals surface area contributed by atoms with Gasteiger partial charge in [0.1, 0.15) is 0 Å². The van der Waals surface area contributed by atoms with Crippen molar-refractivity contribution in [2.75, 3.05) is 39.3 Å². The minimum atomic E-state index is -0.825. The zero-order valence-electron chi connectivity index (χ0n) is 14.9. The lowest BCUT2D eigenvalue weighted by atomic mass is 10.1. The SMILES string of the molecule is CC(C)CN1C=C(CN2CCNCC2)C=C(c2ccc(F)c(F)c2)N1. The van der Waals surface area contributed by atoms with Crippen molar-refractivity contribution in [2.45, 2.75) is 13.8 Å². The molecule has 1 aromatic carbocycles. The van der Waals surface area contributed by atoms with Gasteiger partial charge in [-0.3, -0.25) is 15.3 Å². The number of nitrogens with one attached hydrogen (secondary N) is 2. The number of hydrogen-bond donors (Lipinski definition) is 2. The van der Waals surface area contributed by atoms with E-state index in [2.05, 4.69) is 35.7 Å². The van der Waals surface area contributed by atoms with E-state index in [0.29, 0.717) is 11.5 Å². The van der Waals surface area contributed by atoms with Gasteiger partial charge in [0.2, 0.25) is 0 Å². The van der Waals surface area contributed by atoms with Gasteiger partial charge in [0.15, 0.2) is 11.6 Å². The van der Waals surface area contributed by atoms with Gasteiger partial charge in [0.25, 0.3) is 0 Å². The van der Waals surface area contributed by atoms with Gasteiger partial charge in [-0.25, -0.2) is 8.78 Å². The Hall–Kier alpha value is -1.92. The van der Waals surface area contributed by atoms with Crippen LogP contribution in [0.15, 0.2) is 36.0 Å². The van der Waals surface area contributed by atoms with Crippen LogP contribution < -0.4 is 10.7 Å². The Morgan fingerprint density at radius 3 is 2.56 bits per heavy atom. The van der Waals surface area contributed by atoms with E-state index >= 15 is 0 Å². The molecular formula is C19H26F2N4. The molecule has 0 bridgehead atoms. The summed E-state index contributed by atoms with van der Waals surface area (Å²) in [6.07, 6.45) is 4.15. The summed E-state index contributed by atoms with van der Waals surface area (Å²) in [5.74, 6) is -1.17. The van der Waals surface area contributed by atoms with E-state index in [-0.39, 0.29) is 0 Å². The molecule has 6 heteroatoms. The van der Waals surface area contributed by atoms with Crippen molar-refractivity contribution in [3.8, 4) is 0 Å². The molecule has 25 heavy (non-hydrogen) atoms. The molecule has 3 rings (SSSR count).